The fraction of sp³-hybridized carbons (Fsp3) is 0.318. The Morgan fingerprint density at radius 2 is 1.66 bits per heavy atom. The third-order valence-electron chi connectivity index (χ3n) is 4.99. The van der Waals surface area contributed by atoms with Crippen LogP contribution in [-0.2, 0) is 4.79 Å². The summed E-state index contributed by atoms with van der Waals surface area (Å²) < 4.78 is 5.37. The molecule has 3 amide bonds. The fourth-order valence-electron chi connectivity index (χ4n) is 3.41. The molecule has 7 heteroatoms. The molecular formula is C22H25N3O4. The fourth-order valence-corrected chi connectivity index (χ4v) is 3.41. The Hall–Kier alpha value is -3.35. The van der Waals surface area contributed by atoms with E-state index in [1.807, 2.05) is 31.2 Å². The predicted octanol–water partition coefficient (Wildman–Crippen LogP) is 1.89. The number of aryl methyl sites for hydroxylation is 1. The molecule has 0 atom stereocenters. The number of nitrogens with two attached hydrogens (primary N) is 1. The lowest BCUT2D eigenvalue weighted by Gasteiger charge is -2.32. The number of rotatable bonds is 6. The van der Waals surface area contributed by atoms with Crippen molar-refractivity contribution < 1.29 is 19.1 Å². The van der Waals surface area contributed by atoms with Crippen LogP contribution in [0.15, 0.2) is 48.5 Å². The van der Waals surface area contributed by atoms with Crippen molar-refractivity contribution in [3.63, 3.8) is 0 Å². The number of carbonyl (C=O) groups is 3. The minimum Gasteiger partial charge on any atom is -0.483 e. The molecule has 0 unspecified atom stereocenters. The SMILES string of the molecule is Cc1ccccc1C(=O)NC1CCN(C(=O)c2ccccc2OCC(N)=O)CC1. The first kappa shape index (κ1) is 20.4. The van der Waals surface area contributed by atoms with E-state index in [0.29, 0.717) is 42.8 Å². The molecule has 3 N–H and O–H groups in total. The molecule has 0 aromatic heterocycles. The number of carbonyl (C=O) groups excluding carboxylic acids is 3. The molecule has 0 spiro atoms. The van der Waals surface area contributed by atoms with E-state index in [9.17, 15) is 14.4 Å². The number of primary amides is 1. The number of hydrogen-bond donors (Lipinski definition) is 2. The minimum absolute atomic E-state index is 0.0208. The molecule has 0 aliphatic carbocycles. The summed E-state index contributed by atoms with van der Waals surface area (Å²) in [4.78, 5) is 38.1. The number of nitrogens with zero attached hydrogens (tertiary/aromatic N) is 1. The van der Waals surface area contributed by atoms with E-state index in [2.05, 4.69) is 5.32 Å². The van der Waals surface area contributed by atoms with Crippen LogP contribution in [0.1, 0.15) is 39.1 Å². The maximum absolute atomic E-state index is 12.9. The third-order valence-corrected chi connectivity index (χ3v) is 4.99. The standard InChI is InChI=1S/C22H25N3O4/c1-15-6-2-3-7-17(15)21(27)24-16-10-12-25(13-11-16)22(28)18-8-4-5-9-19(18)29-14-20(23)26/h2-9,16H,10-14H2,1H3,(H2,23,26)(H,24,27). The van der Waals surface area contributed by atoms with Gasteiger partial charge in [-0.05, 0) is 43.5 Å². The Kier molecular flexibility index (Phi) is 6.49. The zero-order valence-corrected chi connectivity index (χ0v) is 16.4. The molecule has 1 heterocycles. The molecule has 1 aliphatic rings. The van der Waals surface area contributed by atoms with Crippen molar-refractivity contribution in [1.82, 2.24) is 10.2 Å². The number of para-hydroxylation sites is 1. The average Bonchev–Trinajstić information content (AvgIpc) is 2.72. The number of amides is 3. The highest BCUT2D eigenvalue weighted by atomic mass is 16.5. The van der Waals surface area contributed by atoms with E-state index in [4.69, 9.17) is 10.5 Å². The highest BCUT2D eigenvalue weighted by Crippen LogP contribution is 2.22. The quantitative estimate of drug-likeness (QED) is 0.780. The highest BCUT2D eigenvalue weighted by Gasteiger charge is 2.26. The summed E-state index contributed by atoms with van der Waals surface area (Å²) in [5, 5.41) is 3.07. The average molecular weight is 395 g/mol. The van der Waals surface area contributed by atoms with E-state index in [-0.39, 0.29) is 24.5 Å². The summed E-state index contributed by atoms with van der Waals surface area (Å²) in [6, 6.07) is 14.3. The molecule has 7 nitrogen and oxygen atoms in total. The van der Waals surface area contributed by atoms with Crippen molar-refractivity contribution in [2.45, 2.75) is 25.8 Å². The summed E-state index contributed by atoms with van der Waals surface area (Å²) >= 11 is 0. The highest BCUT2D eigenvalue weighted by molar-refractivity contribution is 5.97. The number of nitrogens with one attached hydrogen (secondary N) is 1. The molecule has 2 aromatic rings. The van der Waals surface area contributed by atoms with Crippen LogP contribution in [0, 0.1) is 6.92 Å². The molecule has 3 rings (SSSR count). The first-order chi connectivity index (χ1) is 14.0. The van der Waals surface area contributed by atoms with Crippen molar-refractivity contribution in [3.8, 4) is 5.75 Å². The zero-order chi connectivity index (χ0) is 20.8. The van der Waals surface area contributed by atoms with Gasteiger partial charge in [-0.3, -0.25) is 14.4 Å². The van der Waals surface area contributed by atoms with Crippen molar-refractivity contribution in [2.24, 2.45) is 5.73 Å². The first-order valence-corrected chi connectivity index (χ1v) is 9.61. The number of piperidine rings is 1. The van der Waals surface area contributed by atoms with Gasteiger partial charge in [-0.25, -0.2) is 0 Å². The van der Waals surface area contributed by atoms with Gasteiger partial charge in [-0.15, -0.1) is 0 Å². The summed E-state index contributed by atoms with van der Waals surface area (Å²) in [7, 11) is 0. The van der Waals surface area contributed by atoms with Gasteiger partial charge in [0.1, 0.15) is 5.75 Å². The third kappa shape index (κ3) is 5.13. The summed E-state index contributed by atoms with van der Waals surface area (Å²) in [5.74, 6) is -0.504. The Balaban J connectivity index is 1.58. The summed E-state index contributed by atoms with van der Waals surface area (Å²) in [5.41, 5.74) is 7.13. The van der Waals surface area contributed by atoms with E-state index < -0.39 is 5.91 Å². The lowest BCUT2D eigenvalue weighted by atomic mass is 10.0. The van der Waals surface area contributed by atoms with Crippen LogP contribution in [0.25, 0.3) is 0 Å². The molecule has 1 saturated heterocycles. The molecule has 1 aliphatic heterocycles. The molecule has 29 heavy (non-hydrogen) atoms. The molecule has 1 fully saturated rings. The van der Waals surface area contributed by atoms with Gasteiger partial charge in [0.05, 0.1) is 5.56 Å². The Morgan fingerprint density at radius 3 is 2.31 bits per heavy atom. The van der Waals surface area contributed by atoms with Gasteiger partial charge < -0.3 is 20.7 Å². The zero-order valence-electron chi connectivity index (χ0n) is 16.4. The molecule has 0 saturated carbocycles. The molecular weight excluding hydrogens is 370 g/mol. The lowest BCUT2D eigenvalue weighted by molar-refractivity contribution is -0.119. The van der Waals surface area contributed by atoms with Gasteiger partial charge in [-0.2, -0.15) is 0 Å². The maximum atomic E-state index is 12.9. The second kappa shape index (κ2) is 9.23. The Bertz CT molecular complexity index is 904. The van der Waals surface area contributed by atoms with Crippen molar-refractivity contribution in [1.29, 1.82) is 0 Å². The van der Waals surface area contributed by atoms with Gasteiger partial charge in [0, 0.05) is 24.7 Å². The predicted molar refractivity (Wildman–Crippen MR) is 109 cm³/mol. The van der Waals surface area contributed by atoms with Crippen LogP contribution in [0.4, 0.5) is 0 Å². The van der Waals surface area contributed by atoms with Crippen LogP contribution >= 0.6 is 0 Å². The van der Waals surface area contributed by atoms with E-state index in [0.717, 1.165) is 5.56 Å². The summed E-state index contributed by atoms with van der Waals surface area (Å²) in [6.45, 7) is 2.69. The molecule has 2 aromatic carbocycles. The van der Waals surface area contributed by atoms with Crippen LogP contribution in [-0.4, -0.2) is 48.4 Å². The minimum atomic E-state index is -0.600. The van der Waals surface area contributed by atoms with Gasteiger partial charge >= 0.3 is 0 Å². The monoisotopic (exact) mass is 395 g/mol. The van der Waals surface area contributed by atoms with Gasteiger partial charge in [0.2, 0.25) is 0 Å². The number of likely N-dealkylation sites (tertiary alicyclic amines) is 1. The second-order valence-corrected chi connectivity index (χ2v) is 7.11. The van der Waals surface area contributed by atoms with E-state index >= 15 is 0 Å². The van der Waals surface area contributed by atoms with Crippen molar-refractivity contribution in [3.05, 3.63) is 65.2 Å². The Morgan fingerprint density at radius 1 is 1.03 bits per heavy atom. The number of ether oxygens (including phenoxy) is 1. The van der Waals surface area contributed by atoms with Crippen molar-refractivity contribution in [2.75, 3.05) is 19.7 Å². The number of benzene rings is 2. The molecule has 0 bridgehead atoms. The maximum Gasteiger partial charge on any atom is 0.257 e. The first-order valence-electron chi connectivity index (χ1n) is 9.61. The van der Waals surface area contributed by atoms with Gasteiger partial charge in [0.15, 0.2) is 6.61 Å². The molecule has 152 valence electrons. The second-order valence-electron chi connectivity index (χ2n) is 7.11. The normalized spacial score (nSPS) is 14.3. The smallest absolute Gasteiger partial charge is 0.257 e. The van der Waals surface area contributed by atoms with Crippen LogP contribution < -0.4 is 15.8 Å². The number of hydrogen-bond acceptors (Lipinski definition) is 4. The van der Waals surface area contributed by atoms with Crippen LogP contribution in [0.5, 0.6) is 5.75 Å². The summed E-state index contributed by atoms with van der Waals surface area (Å²) in [6.07, 6.45) is 1.35. The van der Waals surface area contributed by atoms with Crippen LogP contribution in [0.3, 0.4) is 0 Å². The lowest BCUT2D eigenvalue weighted by Crippen LogP contribution is -2.46. The van der Waals surface area contributed by atoms with Crippen LogP contribution in [0.2, 0.25) is 0 Å². The van der Waals surface area contributed by atoms with Gasteiger partial charge in [0.25, 0.3) is 17.7 Å². The topological polar surface area (TPSA) is 102 Å². The van der Waals surface area contributed by atoms with Gasteiger partial charge in [-0.1, -0.05) is 30.3 Å². The molecule has 0 radical (unpaired) electrons. The Labute approximate surface area is 169 Å². The van der Waals surface area contributed by atoms with E-state index in [1.165, 1.54) is 0 Å². The largest absolute Gasteiger partial charge is 0.483 e. The van der Waals surface area contributed by atoms with Crippen molar-refractivity contribution >= 4 is 17.7 Å². The van der Waals surface area contributed by atoms with E-state index in [1.54, 1.807) is 29.2 Å².